The highest BCUT2D eigenvalue weighted by molar-refractivity contribution is 6.12. The van der Waals surface area contributed by atoms with Crippen molar-refractivity contribution in [3.8, 4) is 23.0 Å². The van der Waals surface area contributed by atoms with E-state index in [9.17, 15) is 34.4 Å². The number of nitro groups is 1. The molecule has 0 bridgehead atoms. The highest BCUT2D eigenvalue weighted by Crippen LogP contribution is 2.43. The van der Waals surface area contributed by atoms with Crippen molar-refractivity contribution in [2.75, 3.05) is 42.0 Å². The molecular formula is C52H61N5O10. The molecule has 0 saturated carbocycles. The number of imide groups is 1. The largest absolute Gasteiger partial charge is 0.506 e. The lowest BCUT2D eigenvalue weighted by Crippen LogP contribution is -2.50. The average molecular weight is 916 g/mol. The van der Waals surface area contributed by atoms with E-state index in [1.807, 2.05) is 6.07 Å². The molecule has 1 saturated heterocycles. The van der Waals surface area contributed by atoms with Crippen LogP contribution in [0.5, 0.6) is 23.0 Å². The molecule has 1 aliphatic rings. The summed E-state index contributed by atoms with van der Waals surface area (Å²) in [7, 11) is 1.35. The number of fused-ring (bicyclic) bond motifs is 1. The van der Waals surface area contributed by atoms with E-state index in [1.54, 1.807) is 79.7 Å². The van der Waals surface area contributed by atoms with Gasteiger partial charge in [-0.3, -0.25) is 34.4 Å². The molecule has 15 heteroatoms. The van der Waals surface area contributed by atoms with E-state index >= 15 is 0 Å². The number of hydrazine groups is 1. The van der Waals surface area contributed by atoms with Gasteiger partial charge in [-0.05, 0) is 49.7 Å². The number of amides is 4. The molecule has 1 aliphatic heterocycles. The summed E-state index contributed by atoms with van der Waals surface area (Å²) in [5.74, 6) is -1.70. The second-order valence-electron chi connectivity index (χ2n) is 17.2. The minimum atomic E-state index is -1.33. The molecule has 1 unspecified atom stereocenters. The fourth-order valence-electron chi connectivity index (χ4n) is 8.13. The number of nitrogens with zero attached hydrogens (tertiary/aromatic N) is 4. The second-order valence-corrected chi connectivity index (χ2v) is 17.2. The van der Waals surface area contributed by atoms with Gasteiger partial charge in [0.15, 0.2) is 5.75 Å². The monoisotopic (exact) mass is 915 g/mol. The van der Waals surface area contributed by atoms with Crippen LogP contribution < -0.4 is 24.7 Å². The summed E-state index contributed by atoms with van der Waals surface area (Å²) in [5, 5.41) is 29.6. The standard InChI is InChI=1S/C52H61N5O10/c1-5-6-7-8-9-10-11-12-13-14-15-23-32-65-45-29-22-21-28-43(45)53-49(60)42-34-47(40-26-19-20-27-41(40)48(42)59)67-46-31-30-39(57(63)64)33-44(46)54(4)51(62)56-50(61)52(3,36-66-37(2)58)35-55(56)38-24-17-16-18-25-38/h16-22,24-31,33-34,59H,5-15,23,32,35-36H2,1-4H3,(H,53,60). The zero-order valence-electron chi connectivity index (χ0n) is 38.8. The molecule has 1 atom stereocenters. The van der Waals surface area contributed by atoms with Crippen molar-refractivity contribution >= 4 is 57.3 Å². The molecule has 15 nitrogen and oxygen atoms in total. The number of esters is 1. The molecule has 1 heterocycles. The molecule has 0 aromatic heterocycles. The highest BCUT2D eigenvalue weighted by Gasteiger charge is 2.52. The maximum absolute atomic E-state index is 14.6. The Morgan fingerprint density at radius 1 is 0.791 bits per heavy atom. The Morgan fingerprint density at radius 2 is 1.40 bits per heavy atom. The number of benzene rings is 5. The van der Waals surface area contributed by atoms with Crippen LogP contribution in [0.4, 0.5) is 27.5 Å². The van der Waals surface area contributed by atoms with Crippen LogP contribution in [-0.2, 0) is 14.3 Å². The molecule has 0 aliphatic carbocycles. The second kappa shape index (κ2) is 23.3. The molecule has 4 amide bonds. The third-order valence-corrected chi connectivity index (χ3v) is 11.9. The van der Waals surface area contributed by atoms with E-state index in [0.717, 1.165) is 35.2 Å². The number of hydrogen-bond donors (Lipinski definition) is 2. The van der Waals surface area contributed by atoms with Gasteiger partial charge in [0, 0.05) is 36.9 Å². The van der Waals surface area contributed by atoms with Crippen LogP contribution in [0, 0.1) is 15.5 Å². The maximum Gasteiger partial charge on any atom is 0.350 e. The highest BCUT2D eigenvalue weighted by atomic mass is 16.6. The van der Waals surface area contributed by atoms with Crippen molar-refractivity contribution in [1.29, 1.82) is 0 Å². The van der Waals surface area contributed by atoms with E-state index in [-0.39, 0.29) is 52.7 Å². The first kappa shape index (κ1) is 49.3. The predicted molar refractivity (Wildman–Crippen MR) is 259 cm³/mol. The van der Waals surface area contributed by atoms with Gasteiger partial charge in [0.1, 0.15) is 29.3 Å². The number of nitro benzene ring substituents is 1. The number of phenols is 1. The molecule has 5 aromatic rings. The van der Waals surface area contributed by atoms with Gasteiger partial charge < -0.3 is 24.6 Å². The van der Waals surface area contributed by atoms with Crippen LogP contribution >= 0.6 is 0 Å². The minimum Gasteiger partial charge on any atom is -0.506 e. The summed E-state index contributed by atoms with van der Waals surface area (Å²) in [5.41, 5.74) is -1.02. The summed E-state index contributed by atoms with van der Waals surface area (Å²) in [6.45, 7) is 5.19. The van der Waals surface area contributed by atoms with Crippen LogP contribution in [-0.4, -0.2) is 65.7 Å². The number of carbonyl (C=O) groups excluding carboxylic acids is 4. The number of rotatable bonds is 23. The van der Waals surface area contributed by atoms with Gasteiger partial charge >= 0.3 is 12.0 Å². The number of nitrogens with one attached hydrogen (secondary N) is 1. The smallest absolute Gasteiger partial charge is 0.350 e. The quantitative estimate of drug-likeness (QED) is 0.0275. The zero-order valence-corrected chi connectivity index (χ0v) is 38.8. The maximum atomic E-state index is 14.6. The van der Waals surface area contributed by atoms with Crippen LogP contribution in [0.25, 0.3) is 10.8 Å². The van der Waals surface area contributed by atoms with Gasteiger partial charge in [-0.2, -0.15) is 5.01 Å². The number of hydrogen-bond acceptors (Lipinski definition) is 11. The van der Waals surface area contributed by atoms with E-state index in [0.29, 0.717) is 29.1 Å². The average Bonchev–Trinajstić information content (AvgIpc) is 3.60. The molecule has 5 aromatic carbocycles. The molecule has 0 radical (unpaired) electrons. The van der Waals surface area contributed by atoms with E-state index in [2.05, 4.69) is 12.2 Å². The van der Waals surface area contributed by atoms with Crippen LogP contribution in [0.1, 0.15) is 108 Å². The number of ether oxygens (including phenoxy) is 3. The van der Waals surface area contributed by atoms with Gasteiger partial charge in [0.25, 0.3) is 17.5 Å². The lowest BCUT2D eigenvalue weighted by atomic mass is 9.92. The van der Waals surface area contributed by atoms with Gasteiger partial charge in [-0.15, -0.1) is 0 Å². The molecule has 354 valence electrons. The lowest BCUT2D eigenvalue weighted by Gasteiger charge is -2.31. The Hall–Kier alpha value is -7.16. The first-order valence-electron chi connectivity index (χ1n) is 23.1. The molecule has 6 rings (SSSR count). The van der Waals surface area contributed by atoms with E-state index in [1.165, 1.54) is 95.0 Å². The molecule has 67 heavy (non-hydrogen) atoms. The summed E-state index contributed by atoms with van der Waals surface area (Å²) in [6.07, 6.45) is 14.7. The van der Waals surface area contributed by atoms with Crippen molar-refractivity contribution in [2.45, 2.75) is 97.8 Å². The van der Waals surface area contributed by atoms with Crippen molar-refractivity contribution in [2.24, 2.45) is 5.41 Å². The van der Waals surface area contributed by atoms with Gasteiger partial charge in [-0.25, -0.2) is 4.79 Å². The Morgan fingerprint density at radius 3 is 2.06 bits per heavy atom. The van der Waals surface area contributed by atoms with Crippen molar-refractivity contribution in [3.63, 3.8) is 0 Å². The number of anilines is 3. The van der Waals surface area contributed by atoms with Gasteiger partial charge in [-0.1, -0.05) is 132 Å². The summed E-state index contributed by atoms with van der Waals surface area (Å²) in [6, 6.07) is 26.6. The Balaban J connectivity index is 1.21. The number of unbranched alkanes of at least 4 members (excludes halogenated alkanes) is 11. The number of phenolic OH excluding ortho intramolecular Hbond substituents is 1. The first-order valence-corrected chi connectivity index (χ1v) is 23.1. The predicted octanol–water partition coefficient (Wildman–Crippen LogP) is 12.0. The number of para-hydroxylation sites is 3. The normalized spacial score (nSPS) is 14.5. The SMILES string of the molecule is CCCCCCCCCCCCCCOc1ccccc1NC(=O)c1cc(Oc2ccc([N+](=O)[O-])cc2N(C)C(=O)N2C(=O)C(C)(COC(C)=O)CN2c2ccccc2)c2ccccc2c1O. The van der Waals surface area contributed by atoms with E-state index in [4.69, 9.17) is 14.2 Å². The summed E-state index contributed by atoms with van der Waals surface area (Å²) >= 11 is 0. The van der Waals surface area contributed by atoms with Crippen LogP contribution in [0.2, 0.25) is 0 Å². The zero-order chi connectivity index (χ0) is 47.9. The molecule has 1 fully saturated rings. The number of urea groups is 1. The Labute approximate surface area is 391 Å². The fraction of sp³-hybridized carbons (Fsp3) is 0.385. The fourth-order valence-corrected chi connectivity index (χ4v) is 8.13. The summed E-state index contributed by atoms with van der Waals surface area (Å²) in [4.78, 5) is 67.2. The van der Waals surface area contributed by atoms with Crippen molar-refractivity contribution in [3.05, 3.63) is 119 Å². The third kappa shape index (κ3) is 12.4. The summed E-state index contributed by atoms with van der Waals surface area (Å²) < 4.78 is 17.9. The topological polar surface area (TPSA) is 181 Å². The first-order chi connectivity index (χ1) is 32.3. The van der Waals surface area contributed by atoms with Gasteiger partial charge in [0.05, 0.1) is 40.7 Å². The molecule has 2 N–H and O–H groups in total. The Bertz CT molecular complexity index is 2530. The molecular weight excluding hydrogens is 855 g/mol. The molecule has 0 spiro atoms. The number of non-ortho nitro benzene ring substituents is 1. The number of carbonyl (C=O) groups is 4. The Kier molecular flexibility index (Phi) is 17.2. The van der Waals surface area contributed by atoms with Gasteiger partial charge in [0.2, 0.25) is 0 Å². The minimum absolute atomic E-state index is 0.0264. The van der Waals surface area contributed by atoms with Crippen molar-refractivity contribution < 1.29 is 43.4 Å². The lowest BCUT2D eigenvalue weighted by molar-refractivity contribution is -0.384. The number of aromatic hydroxyl groups is 1. The van der Waals surface area contributed by atoms with Crippen LogP contribution in [0.3, 0.4) is 0 Å². The van der Waals surface area contributed by atoms with E-state index < -0.39 is 34.2 Å². The van der Waals surface area contributed by atoms with Crippen LogP contribution in [0.15, 0.2) is 103 Å². The van der Waals surface area contributed by atoms with Crippen molar-refractivity contribution in [1.82, 2.24) is 5.01 Å². The third-order valence-electron chi connectivity index (χ3n) is 11.9.